The molecule has 0 fully saturated rings. The van der Waals surface area contributed by atoms with Crippen LogP contribution in [0, 0.1) is 11.6 Å². The molecule has 0 aliphatic rings. The van der Waals surface area contributed by atoms with E-state index in [1.54, 1.807) is 24.3 Å². The Kier molecular flexibility index (Phi) is 6.37. The quantitative estimate of drug-likeness (QED) is 0.513. The summed E-state index contributed by atoms with van der Waals surface area (Å²) < 4.78 is 61.2. The highest BCUT2D eigenvalue weighted by molar-refractivity contribution is 9.10. The Labute approximate surface area is 180 Å². The van der Waals surface area contributed by atoms with Crippen molar-refractivity contribution >= 4 is 43.2 Å². The Morgan fingerprint density at radius 2 is 1.63 bits per heavy atom. The largest absolute Gasteiger partial charge is 0.495 e. The molecule has 156 valence electrons. The Morgan fingerprint density at radius 1 is 0.967 bits per heavy atom. The third-order valence-electron chi connectivity index (χ3n) is 3.98. The van der Waals surface area contributed by atoms with Crippen molar-refractivity contribution in [1.29, 1.82) is 0 Å². The predicted octanol–water partition coefficient (Wildman–Crippen LogP) is 4.79. The highest BCUT2D eigenvalue weighted by Crippen LogP contribution is 2.29. The van der Waals surface area contributed by atoms with Crippen LogP contribution in [0.2, 0.25) is 0 Å². The van der Waals surface area contributed by atoms with E-state index in [1.165, 1.54) is 19.2 Å². The number of anilines is 2. The number of amides is 1. The Morgan fingerprint density at radius 3 is 2.30 bits per heavy atom. The van der Waals surface area contributed by atoms with E-state index in [2.05, 4.69) is 26.0 Å². The van der Waals surface area contributed by atoms with Crippen LogP contribution < -0.4 is 14.8 Å². The van der Waals surface area contributed by atoms with Crippen LogP contribution in [-0.2, 0) is 10.0 Å². The zero-order valence-corrected chi connectivity index (χ0v) is 17.9. The fourth-order valence-corrected chi connectivity index (χ4v) is 4.08. The minimum atomic E-state index is -4.08. The number of nitrogens with one attached hydrogen (secondary N) is 2. The molecule has 3 aromatic rings. The van der Waals surface area contributed by atoms with E-state index >= 15 is 0 Å². The lowest BCUT2D eigenvalue weighted by atomic mass is 10.2. The van der Waals surface area contributed by atoms with E-state index in [9.17, 15) is 22.0 Å². The number of ether oxygens (including phenoxy) is 1. The minimum Gasteiger partial charge on any atom is -0.495 e. The summed E-state index contributed by atoms with van der Waals surface area (Å²) in [4.78, 5) is 12.1. The molecule has 0 aliphatic heterocycles. The molecule has 0 spiro atoms. The van der Waals surface area contributed by atoms with Crippen molar-refractivity contribution < 1.29 is 26.7 Å². The van der Waals surface area contributed by atoms with Gasteiger partial charge in [0.05, 0.1) is 12.7 Å². The van der Waals surface area contributed by atoms with Crippen molar-refractivity contribution in [2.45, 2.75) is 4.90 Å². The van der Waals surface area contributed by atoms with Gasteiger partial charge in [0, 0.05) is 15.8 Å². The molecule has 10 heteroatoms. The number of methoxy groups -OCH3 is 1. The van der Waals surface area contributed by atoms with Gasteiger partial charge in [0.1, 0.15) is 22.3 Å². The molecule has 30 heavy (non-hydrogen) atoms. The second kappa shape index (κ2) is 8.80. The van der Waals surface area contributed by atoms with Crippen LogP contribution in [0.25, 0.3) is 0 Å². The van der Waals surface area contributed by atoms with E-state index < -0.39 is 33.1 Å². The molecule has 0 bridgehead atoms. The summed E-state index contributed by atoms with van der Waals surface area (Å²) in [6.45, 7) is 0. The number of halogens is 3. The van der Waals surface area contributed by atoms with E-state index in [4.69, 9.17) is 4.74 Å². The van der Waals surface area contributed by atoms with Gasteiger partial charge >= 0.3 is 0 Å². The first-order valence-electron chi connectivity index (χ1n) is 8.42. The second-order valence-corrected chi connectivity index (χ2v) is 8.62. The molecule has 0 aliphatic carbocycles. The number of benzene rings is 3. The SMILES string of the molecule is COc1ccc(NC(=O)c2cc(F)ccc2F)cc1S(=O)(=O)Nc1ccc(Br)cc1. The van der Waals surface area contributed by atoms with Crippen molar-refractivity contribution in [2.75, 3.05) is 17.1 Å². The Bertz CT molecular complexity index is 1200. The highest BCUT2D eigenvalue weighted by atomic mass is 79.9. The monoisotopic (exact) mass is 496 g/mol. The number of carbonyl (C=O) groups is 1. The maximum Gasteiger partial charge on any atom is 0.265 e. The molecule has 0 heterocycles. The molecule has 3 aromatic carbocycles. The lowest BCUT2D eigenvalue weighted by Gasteiger charge is -2.14. The first kappa shape index (κ1) is 21.7. The standard InChI is InChI=1S/C20H15BrF2N2O4S/c1-29-18-9-7-15(24-20(26)16-10-13(22)4-8-17(16)23)11-19(18)30(27,28)25-14-5-2-12(21)3-6-14/h2-11,25H,1H3,(H,24,26). The van der Waals surface area contributed by atoms with Crippen LogP contribution in [0.4, 0.5) is 20.2 Å². The summed E-state index contributed by atoms with van der Waals surface area (Å²) in [5.41, 5.74) is -0.139. The Hall–Kier alpha value is -2.98. The summed E-state index contributed by atoms with van der Waals surface area (Å²) >= 11 is 3.27. The first-order valence-corrected chi connectivity index (χ1v) is 10.7. The third kappa shape index (κ3) is 4.95. The molecule has 0 saturated carbocycles. The summed E-state index contributed by atoms with van der Waals surface area (Å²) in [5, 5.41) is 2.36. The summed E-state index contributed by atoms with van der Waals surface area (Å²) in [6.07, 6.45) is 0. The van der Waals surface area contributed by atoms with Crippen LogP contribution in [0.3, 0.4) is 0 Å². The molecular weight excluding hydrogens is 482 g/mol. The van der Waals surface area contributed by atoms with E-state index in [-0.39, 0.29) is 16.3 Å². The lowest BCUT2D eigenvalue weighted by molar-refractivity contribution is 0.102. The van der Waals surface area contributed by atoms with Gasteiger partial charge in [-0.3, -0.25) is 9.52 Å². The van der Waals surface area contributed by atoms with Crippen molar-refractivity contribution in [2.24, 2.45) is 0 Å². The highest BCUT2D eigenvalue weighted by Gasteiger charge is 2.22. The summed E-state index contributed by atoms with van der Waals surface area (Å²) in [6, 6.07) is 12.8. The maximum absolute atomic E-state index is 13.8. The first-order chi connectivity index (χ1) is 14.2. The van der Waals surface area contributed by atoms with Gasteiger partial charge in [-0.05, 0) is 60.7 Å². The minimum absolute atomic E-state index is 0.0366. The van der Waals surface area contributed by atoms with Crippen LogP contribution in [0.5, 0.6) is 5.75 Å². The van der Waals surface area contributed by atoms with Gasteiger partial charge in [-0.1, -0.05) is 15.9 Å². The number of sulfonamides is 1. The van der Waals surface area contributed by atoms with Crippen molar-refractivity contribution in [3.8, 4) is 5.75 Å². The van der Waals surface area contributed by atoms with Crippen LogP contribution in [0.1, 0.15) is 10.4 Å². The maximum atomic E-state index is 13.8. The fourth-order valence-electron chi connectivity index (χ4n) is 2.56. The molecule has 2 N–H and O–H groups in total. The van der Waals surface area contributed by atoms with Crippen LogP contribution in [0.15, 0.2) is 70.0 Å². The molecule has 0 unspecified atom stereocenters. The molecule has 6 nitrogen and oxygen atoms in total. The van der Waals surface area contributed by atoms with E-state index in [0.717, 1.165) is 28.7 Å². The zero-order chi connectivity index (χ0) is 21.9. The van der Waals surface area contributed by atoms with Gasteiger partial charge in [0.15, 0.2) is 0 Å². The van der Waals surface area contributed by atoms with Gasteiger partial charge in [-0.2, -0.15) is 0 Å². The smallest absolute Gasteiger partial charge is 0.265 e. The topological polar surface area (TPSA) is 84.5 Å². The third-order valence-corrected chi connectivity index (χ3v) is 5.91. The fraction of sp³-hybridized carbons (Fsp3) is 0.0500. The van der Waals surface area contributed by atoms with Crippen LogP contribution in [-0.4, -0.2) is 21.4 Å². The van der Waals surface area contributed by atoms with Crippen LogP contribution >= 0.6 is 15.9 Å². The molecule has 1 amide bonds. The number of hydrogen-bond acceptors (Lipinski definition) is 4. The Balaban J connectivity index is 1.92. The summed E-state index contributed by atoms with van der Waals surface area (Å²) in [7, 11) is -2.78. The molecule has 0 saturated heterocycles. The molecule has 0 atom stereocenters. The lowest BCUT2D eigenvalue weighted by Crippen LogP contribution is -2.17. The number of rotatable bonds is 6. The van der Waals surface area contributed by atoms with Gasteiger partial charge in [0.2, 0.25) is 0 Å². The molecule has 0 aromatic heterocycles. The van der Waals surface area contributed by atoms with Gasteiger partial charge in [-0.15, -0.1) is 0 Å². The van der Waals surface area contributed by atoms with Gasteiger partial charge in [0.25, 0.3) is 15.9 Å². The zero-order valence-electron chi connectivity index (χ0n) is 15.4. The van der Waals surface area contributed by atoms with Gasteiger partial charge < -0.3 is 10.1 Å². The van der Waals surface area contributed by atoms with E-state index in [0.29, 0.717) is 5.69 Å². The molecule has 3 rings (SSSR count). The van der Waals surface area contributed by atoms with Gasteiger partial charge in [-0.25, -0.2) is 17.2 Å². The van der Waals surface area contributed by atoms with E-state index in [1.807, 2.05) is 0 Å². The average Bonchev–Trinajstić information content (AvgIpc) is 2.71. The van der Waals surface area contributed by atoms with Crippen molar-refractivity contribution in [3.05, 3.63) is 82.3 Å². The normalized spacial score (nSPS) is 11.1. The number of hydrogen-bond donors (Lipinski definition) is 2. The summed E-state index contributed by atoms with van der Waals surface area (Å²) in [5.74, 6) is -2.58. The molecule has 0 radical (unpaired) electrons. The number of carbonyl (C=O) groups excluding carboxylic acids is 1. The predicted molar refractivity (Wildman–Crippen MR) is 112 cm³/mol. The second-order valence-electron chi connectivity index (χ2n) is 6.06. The molecular formula is C20H15BrF2N2O4S. The average molecular weight is 497 g/mol. The van der Waals surface area contributed by atoms with Crippen molar-refractivity contribution in [3.63, 3.8) is 0 Å². The van der Waals surface area contributed by atoms with Crippen molar-refractivity contribution in [1.82, 2.24) is 0 Å².